The van der Waals surface area contributed by atoms with Gasteiger partial charge in [0.05, 0.1) is 11.9 Å². The Hall–Kier alpha value is -2.09. The smallest absolute Gasteiger partial charge is 0.241 e. The second kappa shape index (κ2) is 9.21. The minimum atomic E-state index is -3.63. The largest absolute Gasteiger partial charge is 0.350 e. The fourth-order valence-electron chi connectivity index (χ4n) is 2.64. The molecular formula is C19H24ClN3O3S. The number of hydrogen-bond acceptors (Lipinski definition) is 4. The Morgan fingerprint density at radius 3 is 2.33 bits per heavy atom. The summed E-state index contributed by atoms with van der Waals surface area (Å²) in [4.78, 5) is 14.5. The summed E-state index contributed by atoms with van der Waals surface area (Å²) in [6, 6.07) is 14.2. The second-order valence-electron chi connectivity index (χ2n) is 6.53. The Morgan fingerprint density at radius 2 is 1.74 bits per heavy atom. The molecule has 2 rings (SSSR count). The summed E-state index contributed by atoms with van der Waals surface area (Å²) in [5.41, 5.74) is 2.46. The van der Waals surface area contributed by atoms with Crippen LogP contribution in [0.25, 0.3) is 0 Å². The molecule has 1 amide bonds. The average Bonchev–Trinajstić information content (AvgIpc) is 2.57. The van der Waals surface area contributed by atoms with Crippen molar-refractivity contribution in [3.05, 3.63) is 64.7 Å². The molecule has 0 spiro atoms. The zero-order valence-electron chi connectivity index (χ0n) is 15.6. The van der Waals surface area contributed by atoms with Crippen LogP contribution in [0.4, 0.5) is 5.69 Å². The number of carbonyl (C=O) groups excluding carboxylic acids is 1. The van der Waals surface area contributed by atoms with Crippen LogP contribution in [-0.2, 0) is 27.9 Å². The van der Waals surface area contributed by atoms with Crippen LogP contribution in [0.3, 0.4) is 0 Å². The van der Waals surface area contributed by atoms with Gasteiger partial charge in [0.25, 0.3) is 0 Å². The lowest BCUT2D eigenvalue weighted by atomic mass is 10.1. The molecule has 6 nitrogen and oxygen atoms in total. The maximum atomic E-state index is 12.4. The number of carbonyl (C=O) groups is 1. The standard InChI is InChI=1S/C19H24ClN3O3S/c1-22(2)13-16-8-5-4-7-15(16)12-21-19(24)14-23(27(3,25)26)18-10-6-9-17(20)11-18/h4-11H,12-14H2,1-3H3,(H,21,24). The molecule has 1 N–H and O–H groups in total. The van der Waals surface area contributed by atoms with Gasteiger partial charge in [-0.1, -0.05) is 41.9 Å². The molecule has 146 valence electrons. The predicted octanol–water partition coefficient (Wildman–Crippen LogP) is 2.48. The first-order valence-corrected chi connectivity index (χ1v) is 10.6. The van der Waals surface area contributed by atoms with E-state index in [1.165, 1.54) is 6.07 Å². The van der Waals surface area contributed by atoms with Crippen molar-refractivity contribution in [1.82, 2.24) is 10.2 Å². The molecular weight excluding hydrogens is 386 g/mol. The number of hydrogen-bond donors (Lipinski definition) is 1. The van der Waals surface area contributed by atoms with E-state index in [0.29, 0.717) is 17.3 Å². The maximum Gasteiger partial charge on any atom is 0.241 e. The third-order valence-corrected chi connectivity index (χ3v) is 5.24. The summed E-state index contributed by atoms with van der Waals surface area (Å²) in [5, 5.41) is 3.20. The van der Waals surface area contributed by atoms with Crippen LogP contribution in [-0.4, -0.2) is 46.1 Å². The Kier molecular flexibility index (Phi) is 7.24. The topological polar surface area (TPSA) is 69.7 Å². The van der Waals surface area contributed by atoms with Gasteiger partial charge in [-0.25, -0.2) is 8.42 Å². The number of sulfonamides is 1. The number of amides is 1. The molecule has 2 aromatic rings. The molecule has 0 fully saturated rings. The molecule has 0 aromatic heterocycles. The van der Waals surface area contributed by atoms with Gasteiger partial charge in [-0.15, -0.1) is 0 Å². The highest BCUT2D eigenvalue weighted by atomic mass is 35.5. The Labute approximate surface area is 165 Å². The van der Waals surface area contributed by atoms with E-state index in [2.05, 4.69) is 5.32 Å². The first-order valence-electron chi connectivity index (χ1n) is 8.38. The van der Waals surface area contributed by atoms with E-state index in [0.717, 1.165) is 28.2 Å². The van der Waals surface area contributed by atoms with Crippen LogP contribution < -0.4 is 9.62 Å². The van der Waals surface area contributed by atoms with Crippen LogP contribution in [0.1, 0.15) is 11.1 Å². The van der Waals surface area contributed by atoms with Crippen molar-refractivity contribution in [1.29, 1.82) is 0 Å². The third-order valence-electron chi connectivity index (χ3n) is 3.86. The number of benzene rings is 2. The summed E-state index contributed by atoms with van der Waals surface area (Å²) >= 11 is 5.95. The lowest BCUT2D eigenvalue weighted by Crippen LogP contribution is -2.40. The van der Waals surface area contributed by atoms with Gasteiger partial charge in [-0.3, -0.25) is 9.10 Å². The first-order chi connectivity index (χ1) is 12.7. The highest BCUT2D eigenvalue weighted by Crippen LogP contribution is 2.21. The summed E-state index contributed by atoms with van der Waals surface area (Å²) in [6.45, 7) is 0.773. The molecule has 0 saturated carbocycles. The van der Waals surface area contributed by atoms with Crippen molar-refractivity contribution in [3.63, 3.8) is 0 Å². The van der Waals surface area contributed by atoms with Gasteiger partial charge in [0.1, 0.15) is 6.54 Å². The molecule has 27 heavy (non-hydrogen) atoms. The maximum absolute atomic E-state index is 12.4. The van der Waals surface area contributed by atoms with Gasteiger partial charge in [0.15, 0.2) is 0 Å². The van der Waals surface area contributed by atoms with E-state index < -0.39 is 10.0 Å². The molecule has 0 unspecified atom stereocenters. The van der Waals surface area contributed by atoms with Crippen LogP contribution in [0.2, 0.25) is 5.02 Å². The lowest BCUT2D eigenvalue weighted by Gasteiger charge is -2.22. The monoisotopic (exact) mass is 409 g/mol. The van der Waals surface area contributed by atoms with Crippen molar-refractivity contribution in [2.24, 2.45) is 0 Å². The van der Waals surface area contributed by atoms with E-state index in [-0.39, 0.29) is 12.5 Å². The molecule has 2 aromatic carbocycles. The minimum absolute atomic E-state index is 0.310. The highest BCUT2D eigenvalue weighted by Gasteiger charge is 2.21. The summed E-state index contributed by atoms with van der Waals surface area (Å²) in [6.07, 6.45) is 1.06. The summed E-state index contributed by atoms with van der Waals surface area (Å²) in [7, 11) is 0.323. The lowest BCUT2D eigenvalue weighted by molar-refractivity contribution is -0.119. The zero-order chi connectivity index (χ0) is 20.0. The second-order valence-corrected chi connectivity index (χ2v) is 8.88. The fraction of sp³-hybridized carbons (Fsp3) is 0.316. The van der Waals surface area contributed by atoms with Crippen molar-refractivity contribution in [3.8, 4) is 0 Å². The number of nitrogens with one attached hydrogen (secondary N) is 1. The van der Waals surface area contributed by atoms with Gasteiger partial charge in [0, 0.05) is 18.1 Å². The number of nitrogens with zero attached hydrogens (tertiary/aromatic N) is 2. The molecule has 0 aliphatic heterocycles. The third kappa shape index (κ3) is 6.53. The van der Waals surface area contributed by atoms with Gasteiger partial charge >= 0.3 is 0 Å². The van der Waals surface area contributed by atoms with Crippen LogP contribution in [0.15, 0.2) is 48.5 Å². The molecule has 0 radical (unpaired) electrons. The van der Waals surface area contributed by atoms with Crippen molar-refractivity contribution < 1.29 is 13.2 Å². The van der Waals surface area contributed by atoms with Crippen LogP contribution >= 0.6 is 11.6 Å². The Morgan fingerprint density at radius 1 is 1.07 bits per heavy atom. The summed E-state index contributed by atoms with van der Waals surface area (Å²) < 4.78 is 25.3. The van der Waals surface area contributed by atoms with E-state index >= 15 is 0 Å². The van der Waals surface area contributed by atoms with Crippen LogP contribution in [0.5, 0.6) is 0 Å². The molecule has 8 heteroatoms. The van der Waals surface area contributed by atoms with Gasteiger partial charge < -0.3 is 10.2 Å². The highest BCUT2D eigenvalue weighted by molar-refractivity contribution is 7.92. The minimum Gasteiger partial charge on any atom is -0.350 e. The molecule has 0 atom stereocenters. The Bertz CT molecular complexity index is 901. The molecule has 0 saturated heterocycles. The van der Waals surface area contributed by atoms with Gasteiger partial charge in [-0.2, -0.15) is 0 Å². The molecule has 0 heterocycles. The van der Waals surface area contributed by atoms with Crippen LogP contribution in [0, 0.1) is 0 Å². The SMILES string of the molecule is CN(C)Cc1ccccc1CNC(=O)CN(c1cccc(Cl)c1)S(C)(=O)=O. The molecule has 0 aliphatic carbocycles. The van der Waals surface area contributed by atoms with E-state index in [4.69, 9.17) is 11.6 Å². The van der Waals surface area contributed by atoms with E-state index in [1.807, 2.05) is 43.3 Å². The predicted molar refractivity (Wildman–Crippen MR) is 109 cm³/mol. The number of rotatable bonds is 8. The van der Waals surface area contributed by atoms with Crippen molar-refractivity contribution in [2.45, 2.75) is 13.1 Å². The quantitative estimate of drug-likeness (QED) is 0.727. The summed E-state index contributed by atoms with van der Waals surface area (Å²) in [5.74, 6) is -0.389. The average molecular weight is 410 g/mol. The number of halogens is 1. The van der Waals surface area contributed by atoms with Crippen molar-refractivity contribution in [2.75, 3.05) is 31.2 Å². The molecule has 0 aliphatic rings. The number of anilines is 1. The fourth-order valence-corrected chi connectivity index (χ4v) is 3.67. The Balaban J connectivity index is 2.09. The van der Waals surface area contributed by atoms with Gasteiger partial charge in [-0.05, 0) is 43.4 Å². The molecule has 0 bridgehead atoms. The van der Waals surface area contributed by atoms with Crippen molar-refractivity contribution >= 4 is 33.2 Å². The van der Waals surface area contributed by atoms with E-state index in [1.54, 1.807) is 18.2 Å². The first kappa shape index (κ1) is 21.2. The zero-order valence-corrected chi connectivity index (χ0v) is 17.2. The normalized spacial score (nSPS) is 11.4. The van der Waals surface area contributed by atoms with Gasteiger partial charge in [0.2, 0.25) is 15.9 Å². The van der Waals surface area contributed by atoms with E-state index in [9.17, 15) is 13.2 Å².